The number of rotatable bonds is 4. The molecule has 5 nitrogen and oxygen atoms in total. The maximum atomic E-state index is 12.6. The molecule has 0 saturated carbocycles. The van der Waals surface area contributed by atoms with Crippen molar-refractivity contribution in [1.29, 1.82) is 0 Å². The van der Waals surface area contributed by atoms with Crippen LogP contribution in [0.2, 0.25) is 0 Å². The van der Waals surface area contributed by atoms with Crippen molar-refractivity contribution in [2.24, 2.45) is 7.05 Å². The Kier molecular flexibility index (Phi) is 4.29. The summed E-state index contributed by atoms with van der Waals surface area (Å²) in [6, 6.07) is 1.02. The molecular formula is C16H26N4O. The van der Waals surface area contributed by atoms with Crippen molar-refractivity contribution in [2.45, 2.75) is 50.6 Å². The van der Waals surface area contributed by atoms with Crippen LogP contribution >= 0.6 is 0 Å². The Balaban J connectivity index is 1.58. The third-order valence-corrected chi connectivity index (χ3v) is 5.03. The zero-order chi connectivity index (χ0) is 14.8. The van der Waals surface area contributed by atoms with Crippen molar-refractivity contribution in [3.05, 3.63) is 18.0 Å². The van der Waals surface area contributed by atoms with Crippen molar-refractivity contribution in [3.63, 3.8) is 0 Å². The summed E-state index contributed by atoms with van der Waals surface area (Å²) in [6.07, 6.45) is 10.1. The topological polar surface area (TPSA) is 41.4 Å². The summed E-state index contributed by atoms with van der Waals surface area (Å²) in [7, 11) is 4.12. The van der Waals surface area contributed by atoms with E-state index in [0.717, 1.165) is 24.9 Å². The highest BCUT2D eigenvalue weighted by molar-refractivity contribution is 5.77. The molecule has 0 N–H and O–H groups in total. The number of carbonyl (C=O) groups is 1. The van der Waals surface area contributed by atoms with Gasteiger partial charge in [0, 0.05) is 38.3 Å². The SMILES string of the molecule is CN1CCC[C@@H]1[C@H]1CCCN1C(=O)CCc1cnn(C)c1. The van der Waals surface area contributed by atoms with E-state index in [1.165, 1.54) is 25.8 Å². The molecule has 0 radical (unpaired) electrons. The van der Waals surface area contributed by atoms with Crippen molar-refractivity contribution in [1.82, 2.24) is 19.6 Å². The molecule has 0 spiro atoms. The molecule has 2 aliphatic rings. The average molecular weight is 290 g/mol. The van der Waals surface area contributed by atoms with Crippen LogP contribution in [-0.4, -0.2) is 57.7 Å². The minimum absolute atomic E-state index is 0.321. The molecule has 2 saturated heterocycles. The normalized spacial score (nSPS) is 26.7. The number of likely N-dealkylation sites (tertiary alicyclic amines) is 2. The summed E-state index contributed by atoms with van der Waals surface area (Å²) in [5.41, 5.74) is 1.15. The third-order valence-electron chi connectivity index (χ3n) is 5.03. The molecule has 0 unspecified atom stereocenters. The summed E-state index contributed by atoms with van der Waals surface area (Å²) in [5.74, 6) is 0.321. The van der Waals surface area contributed by atoms with Crippen LogP contribution in [0.1, 0.15) is 37.7 Å². The van der Waals surface area contributed by atoms with Gasteiger partial charge in [0.15, 0.2) is 0 Å². The van der Waals surface area contributed by atoms with Crippen LogP contribution in [0, 0.1) is 0 Å². The van der Waals surface area contributed by atoms with Gasteiger partial charge in [0.25, 0.3) is 0 Å². The monoisotopic (exact) mass is 290 g/mol. The minimum atomic E-state index is 0.321. The van der Waals surface area contributed by atoms with Gasteiger partial charge in [0.1, 0.15) is 0 Å². The first-order valence-electron chi connectivity index (χ1n) is 8.12. The fourth-order valence-corrected chi connectivity index (χ4v) is 3.92. The Labute approximate surface area is 126 Å². The second kappa shape index (κ2) is 6.18. The van der Waals surface area contributed by atoms with Crippen LogP contribution in [0.3, 0.4) is 0 Å². The van der Waals surface area contributed by atoms with Crippen LogP contribution < -0.4 is 0 Å². The third kappa shape index (κ3) is 3.12. The van der Waals surface area contributed by atoms with Crippen LogP contribution in [0.15, 0.2) is 12.4 Å². The lowest BCUT2D eigenvalue weighted by Crippen LogP contribution is -2.47. The second-order valence-corrected chi connectivity index (χ2v) is 6.51. The number of amides is 1. The molecule has 2 fully saturated rings. The first kappa shape index (κ1) is 14.6. The Hall–Kier alpha value is -1.36. The van der Waals surface area contributed by atoms with E-state index in [9.17, 15) is 4.79 Å². The maximum absolute atomic E-state index is 12.6. The molecule has 1 aromatic rings. The van der Waals surface area contributed by atoms with Crippen molar-refractivity contribution < 1.29 is 4.79 Å². The molecule has 21 heavy (non-hydrogen) atoms. The number of aryl methyl sites for hydroxylation is 2. The highest BCUT2D eigenvalue weighted by atomic mass is 16.2. The van der Waals surface area contributed by atoms with E-state index in [1.807, 2.05) is 19.4 Å². The quantitative estimate of drug-likeness (QED) is 0.842. The Morgan fingerprint density at radius 1 is 1.24 bits per heavy atom. The fourth-order valence-electron chi connectivity index (χ4n) is 3.92. The van der Waals surface area contributed by atoms with Gasteiger partial charge in [-0.25, -0.2) is 0 Å². The minimum Gasteiger partial charge on any atom is -0.338 e. The lowest BCUT2D eigenvalue weighted by molar-refractivity contribution is -0.132. The van der Waals surface area contributed by atoms with E-state index in [4.69, 9.17) is 0 Å². The van der Waals surface area contributed by atoms with Crippen LogP contribution in [-0.2, 0) is 18.3 Å². The highest BCUT2D eigenvalue weighted by Crippen LogP contribution is 2.29. The molecule has 0 bridgehead atoms. The predicted molar refractivity (Wildman–Crippen MR) is 81.9 cm³/mol. The summed E-state index contributed by atoms with van der Waals surface area (Å²) in [6.45, 7) is 2.12. The summed E-state index contributed by atoms with van der Waals surface area (Å²) >= 11 is 0. The van der Waals surface area contributed by atoms with Gasteiger partial charge in [-0.3, -0.25) is 9.48 Å². The number of likely N-dealkylation sites (N-methyl/N-ethyl adjacent to an activating group) is 1. The molecule has 1 aromatic heterocycles. The Morgan fingerprint density at radius 3 is 2.67 bits per heavy atom. The van der Waals surface area contributed by atoms with E-state index < -0.39 is 0 Å². The largest absolute Gasteiger partial charge is 0.338 e. The Bertz CT molecular complexity index is 498. The molecule has 2 atom stereocenters. The van der Waals surface area contributed by atoms with Gasteiger partial charge in [0.2, 0.25) is 5.91 Å². The van der Waals surface area contributed by atoms with E-state index in [1.54, 1.807) is 4.68 Å². The predicted octanol–water partition coefficient (Wildman–Crippen LogP) is 1.44. The first-order chi connectivity index (χ1) is 10.1. The first-order valence-corrected chi connectivity index (χ1v) is 8.12. The van der Waals surface area contributed by atoms with Gasteiger partial charge < -0.3 is 9.80 Å². The van der Waals surface area contributed by atoms with E-state index in [0.29, 0.717) is 24.4 Å². The van der Waals surface area contributed by atoms with E-state index in [2.05, 4.69) is 21.9 Å². The molecule has 5 heteroatoms. The van der Waals surface area contributed by atoms with Gasteiger partial charge in [-0.2, -0.15) is 5.10 Å². The second-order valence-electron chi connectivity index (χ2n) is 6.51. The number of aromatic nitrogens is 2. The summed E-state index contributed by atoms with van der Waals surface area (Å²) in [4.78, 5) is 17.2. The van der Waals surface area contributed by atoms with Crippen LogP contribution in [0.4, 0.5) is 0 Å². The van der Waals surface area contributed by atoms with E-state index >= 15 is 0 Å². The van der Waals surface area contributed by atoms with Gasteiger partial charge in [-0.15, -0.1) is 0 Å². The summed E-state index contributed by atoms with van der Waals surface area (Å²) in [5, 5.41) is 4.17. The molecule has 116 valence electrons. The maximum Gasteiger partial charge on any atom is 0.223 e. The van der Waals surface area contributed by atoms with Gasteiger partial charge in [-0.05, 0) is 51.3 Å². The van der Waals surface area contributed by atoms with Gasteiger partial charge >= 0.3 is 0 Å². The Morgan fingerprint density at radius 2 is 2.00 bits per heavy atom. The van der Waals surface area contributed by atoms with Gasteiger partial charge in [-0.1, -0.05) is 0 Å². The highest BCUT2D eigenvalue weighted by Gasteiger charge is 2.37. The molecule has 0 aromatic carbocycles. The average Bonchev–Trinajstić information content (AvgIpc) is 3.16. The zero-order valence-electron chi connectivity index (χ0n) is 13.2. The molecule has 3 heterocycles. The fraction of sp³-hybridized carbons (Fsp3) is 0.750. The lowest BCUT2D eigenvalue weighted by Gasteiger charge is -2.33. The molecule has 2 aliphatic heterocycles. The lowest BCUT2D eigenvalue weighted by atomic mass is 10.0. The number of hydrogen-bond acceptors (Lipinski definition) is 3. The van der Waals surface area contributed by atoms with E-state index in [-0.39, 0.29) is 0 Å². The molecule has 3 rings (SSSR count). The number of hydrogen-bond donors (Lipinski definition) is 0. The van der Waals surface area contributed by atoms with Crippen molar-refractivity contribution >= 4 is 5.91 Å². The smallest absolute Gasteiger partial charge is 0.223 e. The van der Waals surface area contributed by atoms with Crippen molar-refractivity contribution in [2.75, 3.05) is 20.1 Å². The zero-order valence-corrected chi connectivity index (χ0v) is 13.2. The standard InChI is InChI=1S/C16H26N4O/c1-18-9-3-5-14(18)15-6-4-10-20(15)16(21)8-7-13-11-17-19(2)12-13/h11-12,14-15H,3-10H2,1-2H3/t14-,15-/m1/s1. The number of carbonyl (C=O) groups excluding carboxylic acids is 1. The molecule has 1 amide bonds. The number of nitrogens with zero attached hydrogens (tertiary/aromatic N) is 4. The molecule has 0 aliphatic carbocycles. The van der Waals surface area contributed by atoms with Crippen LogP contribution in [0.5, 0.6) is 0 Å². The summed E-state index contributed by atoms with van der Waals surface area (Å²) < 4.78 is 1.80. The molecular weight excluding hydrogens is 264 g/mol. The van der Waals surface area contributed by atoms with Gasteiger partial charge in [0.05, 0.1) is 6.20 Å². The van der Waals surface area contributed by atoms with Crippen molar-refractivity contribution in [3.8, 4) is 0 Å². The van der Waals surface area contributed by atoms with Crippen LogP contribution in [0.25, 0.3) is 0 Å².